The first kappa shape index (κ1) is 29.1. The van der Waals surface area contributed by atoms with Gasteiger partial charge in [0.15, 0.2) is 11.5 Å². The number of amidine groups is 1. The number of rotatable bonds is 15. The van der Waals surface area contributed by atoms with Crippen LogP contribution in [0.15, 0.2) is 42.5 Å². The molecule has 8 heteroatoms. The van der Waals surface area contributed by atoms with Crippen LogP contribution in [0.3, 0.4) is 0 Å². The molecule has 0 radical (unpaired) electrons. The van der Waals surface area contributed by atoms with E-state index in [4.69, 9.17) is 25.4 Å². The van der Waals surface area contributed by atoms with Crippen LogP contribution in [-0.2, 0) is 0 Å². The van der Waals surface area contributed by atoms with Gasteiger partial charge in [0.2, 0.25) is 0 Å². The molecule has 0 aromatic heterocycles. The molecule has 0 aliphatic rings. The lowest BCUT2D eigenvalue weighted by Gasteiger charge is -2.22. The van der Waals surface area contributed by atoms with Crippen molar-refractivity contribution in [3.05, 3.63) is 53.6 Å². The molecule has 0 aliphatic carbocycles. The number of methoxy groups -OCH3 is 1. The van der Waals surface area contributed by atoms with Crippen LogP contribution >= 0.6 is 12.4 Å². The molecule has 3 N–H and O–H groups in total. The maximum Gasteiger partial charge on any atom is 0.253 e. The molecule has 0 spiro atoms. The van der Waals surface area contributed by atoms with Crippen molar-refractivity contribution in [3.8, 4) is 17.2 Å². The number of nitrogen functional groups attached to an aromatic ring is 1. The van der Waals surface area contributed by atoms with Gasteiger partial charge in [-0.2, -0.15) is 0 Å². The minimum Gasteiger partial charge on any atom is -0.494 e. The van der Waals surface area contributed by atoms with E-state index in [1.807, 2.05) is 29.2 Å². The second kappa shape index (κ2) is 15.8. The fourth-order valence-electron chi connectivity index (χ4n) is 3.44. The highest BCUT2D eigenvalue weighted by molar-refractivity contribution is 5.95. The average Bonchev–Trinajstić information content (AvgIpc) is 2.83. The Bertz CT molecular complexity index is 884. The van der Waals surface area contributed by atoms with E-state index in [9.17, 15) is 4.79 Å². The van der Waals surface area contributed by atoms with Gasteiger partial charge in [0, 0.05) is 24.2 Å². The molecule has 0 aliphatic heterocycles. The Hall–Kier alpha value is -2.93. The standard InChI is InChI=1S/C26H37N3O4.ClH/c1-4-15-29(16-5-2)26(30)21-11-14-23(24(19-21)31-3)33-18-8-6-7-17-32-22-12-9-20(10-13-22)25(27)28;/h9-14,19H,4-8,15-18H2,1-3H3,(H3,27,28);1H. The van der Waals surface area contributed by atoms with Gasteiger partial charge in [-0.1, -0.05) is 13.8 Å². The summed E-state index contributed by atoms with van der Waals surface area (Å²) in [7, 11) is 1.59. The minimum atomic E-state index is 0. The van der Waals surface area contributed by atoms with Crippen molar-refractivity contribution in [2.75, 3.05) is 33.4 Å². The van der Waals surface area contributed by atoms with Crippen LogP contribution in [0.2, 0.25) is 0 Å². The molecule has 0 unspecified atom stereocenters. The number of nitrogens with one attached hydrogen (secondary N) is 1. The van der Waals surface area contributed by atoms with E-state index in [-0.39, 0.29) is 24.1 Å². The number of nitrogens with two attached hydrogens (primary N) is 1. The monoisotopic (exact) mass is 491 g/mol. The molecular weight excluding hydrogens is 454 g/mol. The van der Waals surface area contributed by atoms with E-state index < -0.39 is 0 Å². The average molecular weight is 492 g/mol. The summed E-state index contributed by atoms with van der Waals surface area (Å²) in [6.07, 6.45) is 4.63. The van der Waals surface area contributed by atoms with Crippen molar-refractivity contribution in [2.45, 2.75) is 46.0 Å². The second-order valence-electron chi connectivity index (χ2n) is 7.85. The van der Waals surface area contributed by atoms with E-state index in [2.05, 4.69) is 13.8 Å². The number of ether oxygens (including phenoxy) is 3. The number of halogens is 1. The Labute approximate surface area is 209 Å². The van der Waals surface area contributed by atoms with Gasteiger partial charge in [0.1, 0.15) is 11.6 Å². The maximum absolute atomic E-state index is 12.8. The highest BCUT2D eigenvalue weighted by Crippen LogP contribution is 2.29. The zero-order valence-electron chi connectivity index (χ0n) is 20.5. The minimum absolute atomic E-state index is 0. The van der Waals surface area contributed by atoms with Gasteiger partial charge >= 0.3 is 0 Å². The molecular formula is C26H38ClN3O4. The Morgan fingerprint density at radius 3 is 2.03 bits per heavy atom. The van der Waals surface area contributed by atoms with Gasteiger partial charge in [0.25, 0.3) is 5.91 Å². The summed E-state index contributed by atoms with van der Waals surface area (Å²) in [5.74, 6) is 2.07. The zero-order valence-corrected chi connectivity index (χ0v) is 21.3. The van der Waals surface area contributed by atoms with Crippen LogP contribution in [0.25, 0.3) is 0 Å². The topological polar surface area (TPSA) is 97.9 Å². The lowest BCUT2D eigenvalue weighted by molar-refractivity contribution is 0.0755. The van der Waals surface area contributed by atoms with Gasteiger partial charge in [-0.3, -0.25) is 10.2 Å². The normalized spacial score (nSPS) is 10.2. The summed E-state index contributed by atoms with van der Waals surface area (Å²) in [5, 5.41) is 7.40. The van der Waals surface area contributed by atoms with Crippen molar-refractivity contribution in [1.29, 1.82) is 5.41 Å². The molecule has 0 heterocycles. The molecule has 2 aromatic carbocycles. The molecule has 0 saturated carbocycles. The number of unbranched alkanes of at least 4 members (excludes halogenated alkanes) is 2. The summed E-state index contributed by atoms with van der Waals surface area (Å²) >= 11 is 0. The number of amides is 1. The Balaban J connectivity index is 0.00000578. The van der Waals surface area contributed by atoms with Gasteiger partial charge in [0.05, 0.1) is 20.3 Å². The first-order valence-electron chi connectivity index (χ1n) is 11.7. The van der Waals surface area contributed by atoms with Crippen LogP contribution in [0.4, 0.5) is 0 Å². The van der Waals surface area contributed by atoms with Crippen molar-refractivity contribution < 1.29 is 19.0 Å². The van der Waals surface area contributed by atoms with Crippen LogP contribution < -0.4 is 19.9 Å². The molecule has 7 nitrogen and oxygen atoms in total. The molecule has 0 atom stereocenters. The van der Waals surface area contributed by atoms with Gasteiger partial charge < -0.3 is 24.8 Å². The predicted octanol–water partition coefficient (Wildman–Crippen LogP) is 5.29. The summed E-state index contributed by atoms with van der Waals surface area (Å²) in [6.45, 7) is 6.83. The van der Waals surface area contributed by atoms with Crippen molar-refractivity contribution in [1.82, 2.24) is 4.90 Å². The summed E-state index contributed by atoms with van der Waals surface area (Å²) in [5.41, 5.74) is 6.76. The molecule has 1 amide bonds. The van der Waals surface area contributed by atoms with E-state index in [1.54, 1.807) is 25.3 Å². The third-order valence-electron chi connectivity index (χ3n) is 5.17. The lowest BCUT2D eigenvalue weighted by Crippen LogP contribution is -2.32. The number of benzene rings is 2. The molecule has 0 bridgehead atoms. The highest BCUT2D eigenvalue weighted by Gasteiger charge is 2.16. The Morgan fingerprint density at radius 2 is 1.47 bits per heavy atom. The molecule has 2 rings (SSSR count). The number of hydrogen-bond donors (Lipinski definition) is 2. The van der Waals surface area contributed by atoms with Crippen LogP contribution in [0, 0.1) is 5.41 Å². The van der Waals surface area contributed by atoms with E-state index in [0.717, 1.165) is 50.9 Å². The first-order valence-corrected chi connectivity index (χ1v) is 11.7. The molecule has 0 saturated heterocycles. The predicted molar refractivity (Wildman–Crippen MR) is 139 cm³/mol. The van der Waals surface area contributed by atoms with E-state index in [0.29, 0.717) is 35.8 Å². The molecule has 188 valence electrons. The van der Waals surface area contributed by atoms with Crippen LogP contribution in [-0.4, -0.2) is 50.1 Å². The molecule has 34 heavy (non-hydrogen) atoms. The van der Waals surface area contributed by atoms with Crippen molar-refractivity contribution >= 4 is 24.1 Å². The van der Waals surface area contributed by atoms with Crippen molar-refractivity contribution in [3.63, 3.8) is 0 Å². The van der Waals surface area contributed by atoms with Crippen molar-refractivity contribution in [2.24, 2.45) is 5.73 Å². The van der Waals surface area contributed by atoms with Gasteiger partial charge in [-0.05, 0) is 74.6 Å². The highest BCUT2D eigenvalue weighted by atomic mass is 35.5. The van der Waals surface area contributed by atoms with Gasteiger partial charge in [-0.25, -0.2) is 0 Å². The SMILES string of the molecule is CCCN(CCC)C(=O)c1ccc(OCCCCCOc2ccc(C(=N)N)cc2)c(OC)c1.Cl. The summed E-state index contributed by atoms with van der Waals surface area (Å²) in [6, 6.07) is 12.6. The zero-order chi connectivity index (χ0) is 24.1. The van der Waals surface area contributed by atoms with E-state index in [1.165, 1.54) is 0 Å². The first-order chi connectivity index (χ1) is 16.0. The third kappa shape index (κ3) is 9.14. The van der Waals surface area contributed by atoms with Gasteiger partial charge in [-0.15, -0.1) is 12.4 Å². The fourth-order valence-corrected chi connectivity index (χ4v) is 3.44. The summed E-state index contributed by atoms with van der Waals surface area (Å²) in [4.78, 5) is 14.7. The van der Waals surface area contributed by atoms with E-state index >= 15 is 0 Å². The maximum atomic E-state index is 12.8. The van der Waals surface area contributed by atoms with Crippen LogP contribution in [0.1, 0.15) is 61.9 Å². The lowest BCUT2D eigenvalue weighted by atomic mass is 10.1. The number of carbonyl (C=O) groups is 1. The molecule has 2 aromatic rings. The number of nitrogens with zero attached hydrogens (tertiary/aromatic N) is 1. The molecule has 0 fully saturated rings. The second-order valence-corrected chi connectivity index (χ2v) is 7.85. The Morgan fingerprint density at radius 1 is 0.882 bits per heavy atom. The quantitative estimate of drug-likeness (QED) is 0.200. The fraction of sp³-hybridized carbons (Fsp3) is 0.462. The van der Waals surface area contributed by atoms with Crippen LogP contribution in [0.5, 0.6) is 17.2 Å². The third-order valence-corrected chi connectivity index (χ3v) is 5.17. The number of hydrogen-bond acceptors (Lipinski definition) is 5. The number of carbonyl (C=O) groups excluding carboxylic acids is 1. The Kier molecular flexibility index (Phi) is 13.5. The summed E-state index contributed by atoms with van der Waals surface area (Å²) < 4.78 is 17.1. The largest absolute Gasteiger partial charge is 0.494 e. The smallest absolute Gasteiger partial charge is 0.253 e.